The molecule has 0 aliphatic heterocycles. The minimum atomic E-state index is -0.201. The second-order valence-corrected chi connectivity index (χ2v) is 7.06. The van der Waals surface area contributed by atoms with Crippen molar-refractivity contribution in [1.29, 1.82) is 0 Å². The van der Waals surface area contributed by atoms with Gasteiger partial charge in [-0.05, 0) is 30.9 Å². The van der Waals surface area contributed by atoms with E-state index in [0.29, 0.717) is 17.1 Å². The Balaban J connectivity index is 2.51. The molecule has 148 valence electrons. The third-order valence-electron chi connectivity index (χ3n) is 4.69. The minimum Gasteiger partial charge on any atom is -0.286 e. The van der Waals surface area contributed by atoms with Crippen LogP contribution in [0.1, 0.15) is 55.9 Å². The van der Waals surface area contributed by atoms with E-state index >= 15 is 0 Å². The third kappa shape index (κ3) is 4.94. The van der Waals surface area contributed by atoms with Gasteiger partial charge in [0.05, 0.1) is 22.8 Å². The zero-order valence-electron chi connectivity index (χ0n) is 17.7. The third-order valence-corrected chi connectivity index (χ3v) is 4.69. The van der Waals surface area contributed by atoms with Crippen molar-refractivity contribution >= 4 is 46.8 Å². The summed E-state index contributed by atoms with van der Waals surface area (Å²) in [5, 5.41) is 0. The normalized spacial score (nSPS) is 12.0. The molecule has 2 aromatic carbocycles. The van der Waals surface area contributed by atoms with E-state index in [1.807, 2.05) is 36.4 Å². The number of nitrogens with zero attached hydrogens (tertiary/aromatic N) is 2. The second-order valence-electron chi connectivity index (χ2n) is 7.06. The fourth-order valence-electron chi connectivity index (χ4n) is 3.08. The molecule has 2 rings (SSSR count). The van der Waals surface area contributed by atoms with Gasteiger partial charge in [-0.2, -0.15) is 0 Å². The van der Waals surface area contributed by atoms with E-state index in [0.717, 1.165) is 27.9 Å². The Morgan fingerprint density at radius 3 is 1.66 bits per heavy atom. The fourth-order valence-corrected chi connectivity index (χ4v) is 3.08. The van der Waals surface area contributed by atoms with Crippen LogP contribution in [0.15, 0.2) is 66.1 Å². The molecule has 3 nitrogen and oxygen atoms in total. The Bertz CT molecular complexity index is 997. The van der Waals surface area contributed by atoms with Gasteiger partial charge in [-0.15, -0.1) is 0 Å². The smallest absolute Gasteiger partial charge is 0.220 e. The SMILES string of the molecule is C=Cc1cccc(C=C)c1N=C(C)C(=O)C(C)=Nc1c(C=C)cccc1C(C)C. The van der Waals surface area contributed by atoms with Gasteiger partial charge in [-0.25, -0.2) is 9.98 Å². The molecule has 0 radical (unpaired) electrons. The van der Waals surface area contributed by atoms with E-state index in [-0.39, 0.29) is 11.7 Å². The molecule has 0 bridgehead atoms. The summed E-state index contributed by atoms with van der Waals surface area (Å²) >= 11 is 0. The van der Waals surface area contributed by atoms with Gasteiger partial charge in [0, 0.05) is 11.1 Å². The predicted octanol–water partition coefficient (Wildman–Crippen LogP) is 7.19. The van der Waals surface area contributed by atoms with Gasteiger partial charge in [0.2, 0.25) is 5.78 Å². The van der Waals surface area contributed by atoms with Crippen molar-refractivity contribution in [3.8, 4) is 0 Å². The maximum Gasteiger partial charge on any atom is 0.220 e. The molecular weight excluding hydrogens is 356 g/mol. The zero-order chi connectivity index (χ0) is 21.6. The summed E-state index contributed by atoms with van der Waals surface area (Å²) in [6, 6.07) is 11.7. The first-order valence-electron chi connectivity index (χ1n) is 9.62. The van der Waals surface area contributed by atoms with Crippen LogP contribution in [0.5, 0.6) is 0 Å². The topological polar surface area (TPSA) is 41.8 Å². The van der Waals surface area contributed by atoms with Crippen LogP contribution >= 0.6 is 0 Å². The average molecular weight is 385 g/mol. The van der Waals surface area contributed by atoms with Crippen molar-refractivity contribution in [1.82, 2.24) is 0 Å². The summed E-state index contributed by atoms with van der Waals surface area (Å²) in [7, 11) is 0. The Labute approximate surface area is 173 Å². The highest BCUT2D eigenvalue weighted by Gasteiger charge is 2.15. The molecule has 0 aromatic heterocycles. The Kier molecular flexibility index (Phi) is 7.38. The van der Waals surface area contributed by atoms with Crippen LogP contribution < -0.4 is 0 Å². The van der Waals surface area contributed by atoms with Crippen LogP contribution in [-0.4, -0.2) is 17.2 Å². The first kappa shape index (κ1) is 22.0. The van der Waals surface area contributed by atoms with E-state index in [1.54, 1.807) is 32.1 Å². The number of carbonyl (C=O) groups is 1. The minimum absolute atomic E-state index is 0.201. The quantitative estimate of drug-likeness (QED) is 0.444. The largest absolute Gasteiger partial charge is 0.286 e. The molecule has 0 unspecified atom stereocenters. The van der Waals surface area contributed by atoms with E-state index in [4.69, 9.17) is 0 Å². The van der Waals surface area contributed by atoms with Gasteiger partial charge < -0.3 is 0 Å². The molecular formula is C26H28N2O. The van der Waals surface area contributed by atoms with Gasteiger partial charge in [0.15, 0.2) is 0 Å². The monoisotopic (exact) mass is 384 g/mol. The molecule has 0 N–H and O–H groups in total. The van der Waals surface area contributed by atoms with Crippen LogP contribution in [0.4, 0.5) is 11.4 Å². The number of hydrogen-bond acceptors (Lipinski definition) is 3. The molecule has 0 aliphatic rings. The molecule has 0 atom stereocenters. The highest BCUT2D eigenvalue weighted by atomic mass is 16.1. The van der Waals surface area contributed by atoms with E-state index in [9.17, 15) is 4.79 Å². The number of rotatable bonds is 8. The van der Waals surface area contributed by atoms with Crippen molar-refractivity contribution in [3.63, 3.8) is 0 Å². The van der Waals surface area contributed by atoms with Crippen LogP contribution in [-0.2, 0) is 4.79 Å². The number of para-hydroxylation sites is 2. The van der Waals surface area contributed by atoms with Gasteiger partial charge in [0.25, 0.3) is 0 Å². The number of aliphatic imine (C=N–C) groups is 2. The maximum absolute atomic E-state index is 13.0. The van der Waals surface area contributed by atoms with Gasteiger partial charge >= 0.3 is 0 Å². The first-order chi connectivity index (χ1) is 13.8. The lowest BCUT2D eigenvalue weighted by atomic mass is 9.97. The highest BCUT2D eigenvalue weighted by Crippen LogP contribution is 2.32. The number of ketones is 1. The lowest BCUT2D eigenvalue weighted by Gasteiger charge is -2.13. The maximum atomic E-state index is 13.0. The summed E-state index contributed by atoms with van der Waals surface area (Å²) < 4.78 is 0. The summed E-state index contributed by atoms with van der Waals surface area (Å²) in [6.07, 6.45) is 5.21. The molecule has 0 aliphatic carbocycles. The van der Waals surface area contributed by atoms with E-state index in [1.165, 1.54) is 0 Å². The molecule has 3 heteroatoms. The summed E-state index contributed by atoms with van der Waals surface area (Å²) in [5.41, 5.74) is 5.91. The summed E-state index contributed by atoms with van der Waals surface area (Å²) in [5.74, 6) is 0.0772. The molecule has 0 fully saturated rings. The van der Waals surface area contributed by atoms with E-state index in [2.05, 4.69) is 43.6 Å². The fraction of sp³-hybridized carbons (Fsp3) is 0.192. The molecule has 0 saturated carbocycles. The van der Waals surface area contributed by atoms with Gasteiger partial charge in [-0.3, -0.25) is 4.79 Å². The van der Waals surface area contributed by atoms with Crippen LogP contribution in [0.3, 0.4) is 0 Å². The number of Topliss-reactive ketones (excluding diaryl/α,β-unsaturated/α-hetero) is 1. The van der Waals surface area contributed by atoms with Crippen molar-refractivity contribution in [3.05, 3.63) is 78.4 Å². The molecule has 0 amide bonds. The first-order valence-corrected chi connectivity index (χ1v) is 9.62. The van der Waals surface area contributed by atoms with Crippen molar-refractivity contribution in [2.75, 3.05) is 0 Å². The number of hydrogen-bond donors (Lipinski definition) is 0. The molecule has 0 saturated heterocycles. The van der Waals surface area contributed by atoms with Crippen LogP contribution in [0.25, 0.3) is 18.2 Å². The Morgan fingerprint density at radius 2 is 1.21 bits per heavy atom. The van der Waals surface area contributed by atoms with Crippen LogP contribution in [0.2, 0.25) is 0 Å². The lowest BCUT2D eigenvalue weighted by Crippen LogP contribution is -2.19. The standard InChI is InChI=1S/C26H28N2O/c1-8-20-13-11-14-21(9-2)24(20)27-18(6)26(29)19(7)28-25-22(10-3)15-12-16-23(25)17(4)5/h8-17H,1-3H2,4-7H3. The lowest BCUT2D eigenvalue weighted by molar-refractivity contribution is -0.107. The summed E-state index contributed by atoms with van der Waals surface area (Å²) in [4.78, 5) is 22.3. The Morgan fingerprint density at radius 1 is 0.793 bits per heavy atom. The highest BCUT2D eigenvalue weighted by molar-refractivity contribution is 6.66. The van der Waals surface area contributed by atoms with Gasteiger partial charge in [-0.1, -0.05) is 88.2 Å². The Hall–Kier alpha value is -3.33. The van der Waals surface area contributed by atoms with Crippen molar-refractivity contribution in [2.24, 2.45) is 9.98 Å². The van der Waals surface area contributed by atoms with Crippen molar-refractivity contribution in [2.45, 2.75) is 33.6 Å². The number of carbonyl (C=O) groups excluding carboxylic acids is 1. The summed E-state index contributed by atoms with van der Waals surface area (Å²) in [6.45, 7) is 19.2. The molecule has 0 heterocycles. The zero-order valence-corrected chi connectivity index (χ0v) is 17.7. The average Bonchev–Trinajstić information content (AvgIpc) is 2.72. The van der Waals surface area contributed by atoms with Crippen molar-refractivity contribution < 1.29 is 4.79 Å². The van der Waals surface area contributed by atoms with E-state index < -0.39 is 0 Å². The van der Waals surface area contributed by atoms with Crippen LogP contribution in [0, 0.1) is 0 Å². The number of benzene rings is 2. The molecule has 29 heavy (non-hydrogen) atoms. The predicted molar refractivity (Wildman–Crippen MR) is 128 cm³/mol. The molecule has 0 spiro atoms. The molecule has 2 aromatic rings. The second kappa shape index (κ2) is 9.74. The van der Waals surface area contributed by atoms with Gasteiger partial charge in [0.1, 0.15) is 0 Å².